The summed E-state index contributed by atoms with van der Waals surface area (Å²) >= 11 is 1.62. The molecule has 4 aromatic heterocycles. The zero-order valence-corrected chi connectivity index (χ0v) is 18.2. The summed E-state index contributed by atoms with van der Waals surface area (Å²) in [5.41, 5.74) is 3.96. The second kappa shape index (κ2) is 7.59. The Labute approximate surface area is 182 Å². The van der Waals surface area contributed by atoms with Gasteiger partial charge in [0.05, 0.1) is 17.8 Å². The molecule has 0 saturated carbocycles. The number of rotatable bonds is 5. The third-order valence-corrected chi connectivity index (χ3v) is 6.16. The molecule has 8 nitrogen and oxygen atoms in total. The van der Waals surface area contributed by atoms with Gasteiger partial charge in [0, 0.05) is 16.0 Å². The Kier molecular flexibility index (Phi) is 4.74. The molecule has 0 fully saturated rings. The van der Waals surface area contributed by atoms with Gasteiger partial charge < -0.3 is 9.88 Å². The van der Waals surface area contributed by atoms with E-state index >= 15 is 0 Å². The zero-order chi connectivity index (χ0) is 21.5. The van der Waals surface area contributed by atoms with Crippen LogP contribution in [0.2, 0.25) is 0 Å². The first kappa shape index (κ1) is 19.4. The molecule has 31 heavy (non-hydrogen) atoms. The van der Waals surface area contributed by atoms with Crippen LogP contribution in [0.1, 0.15) is 29.2 Å². The van der Waals surface area contributed by atoms with Gasteiger partial charge in [0.2, 0.25) is 5.91 Å². The number of benzene rings is 1. The van der Waals surface area contributed by atoms with Crippen molar-refractivity contribution in [2.45, 2.75) is 33.4 Å². The maximum absolute atomic E-state index is 13.0. The second-order valence-corrected chi connectivity index (χ2v) is 8.52. The van der Waals surface area contributed by atoms with Crippen molar-refractivity contribution >= 4 is 39.3 Å². The van der Waals surface area contributed by atoms with E-state index in [1.807, 2.05) is 73.2 Å². The maximum atomic E-state index is 13.0. The Bertz CT molecular complexity index is 1400. The van der Waals surface area contributed by atoms with Gasteiger partial charge in [0.1, 0.15) is 11.6 Å². The standard InChI is InChI=1S/C22H21N7OS/c1-13-11-14(2)29(27-13)22-24-20-19(25-26-22)17-8-4-5-9-18(17)28(20)15(3)21(30)23-12-16-7-6-10-31-16/h4-11,15H,12H2,1-3H3,(H,23,30)/t15-/m0/s1. The van der Waals surface area contributed by atoms with Crippen LogP contribution in [0.3, 0.4) is 0 Å². The van der Waals surface area contributed by atoms with Gasteiger partial charge in [-0.25, -0.2) is 4.68 Å². The van der Waals surface area contributed by atoms with E-state index in [0.29, 0.717) is 23.7 Å². The smallest absolute Gasteiger partial charge is 0.272 e. The highest BCUT2D eigenvalue weighted by Crippen LogP contribution is 2.29. The van der Waals surface area contributed by atoms with E-state index in [2.05, 4.69) is 20.6 Å². The molecule has 0 aliphatic heterocycles. The molecular weight excluding hydrogens is 410 g/mol. The minimum absolute atomic E-state index is 0.0812. The highest BCUT2D eigenvalue weighted by atomic mass is 32.1. The van der Waals surface area contributed by atoms with E-state index in [4.69, 9.17) is 4.98 Å². The molecule has 0 aliphatic carbocycles. The lowest BCUT2D eigenvalue weighted by molar-refractivity contribution is -0.123. The Hall–Kier alpha value is -3.59. The van der Waals surface area contributed by atoms with Crippen molar-refractivity contribution in [3.05, 3.63) is 64.1 Å². The van der Waals surface area contributed by atoms with Crippen LogP contribution in [0.25, 0.3) is 28.0 Å². The fourth-order valence-electron chi connectivity index (χ4n) is 3.82. The van der Waals surface area contributed by atoms with Gasteiger partial charge in [-0.15, -0.1) is 21.5 Å². The number of hydrogen-bond acceptors (Lipinski definition) is 6. The maximum Gasteiger partial charge on any atom is 0.272 e. The summed E-state index contributed by atoms with van der Waals surface area (Å²) in [6.07, 6.45) is 0. The van der Waals surface area contributed by atoms with Crippen LogP contribution in [0.4, 0.5) is 0 Å². The monoisotopic (exact) mass is 431 g/mol. The third kappa shape index (κ3) is 3.36. The minimum Gasteiger partial charge on any atom is -0.349 e. The molecule has 0 saturated heterocycles. The summed E-state index contributed by atoms with van der Waals surface area (Å²) in [6.45, 7) is 6.25. The Balaban J connectivity index is 1.61. The van der Waals surface area contributed by atoms with Gasteiger partial charge >= 0.3 is 0 Å². The number of aryl methyl sites for hydroxylation is 2. The highest BCUT2D eigenvalue weighted by Gasteiger charge is 2.23. The number of carbonyl (C=O) groups is 1. The van der Waals surface area contributed by atoms with E-state index in [1.54, 1.807) is 16.0 Å². The van der Waals surface area contributed by atoms with Crippen molar-refractivity contribution in [1.82, 2.24) is 34.8 Å². The number of aromatic nitrogens is 6. The molecule has 1 N–H and O–H groups in total. The average Bonchev–Trinajstić information content (AvgIpc) is 3.48. The van der Waals surface area contributed by atoms with Crippen LogP contribution in [-0.4, -0.2) is 35.4 Å². The number of hydrogen-bond donors (Lipinski definition) is 1. The largest absolute Gasteiger partial charge is 0.349 e. The lowest BCUT2D eigenvalue weighted by Crippen LogP contribution is -2.30. The van der Waals surface area contributed by atoms with E-state index in [0.717, 1.165) is 27.2 Å². The summed E-state index contributed by atoms with van der Waals surface area (Å²) in [7, 11) is 0. The topological polar surface area (TPSA) is 90.5 Å². The summed E-state index contributed by atoms with van der Waals surface area (Å²) in [6, 6.07) is 13.3. The molecule has 1 amide bonds. The summed E-state index contributed by atoms with van der Waals surface area (Å²) in [5, 5.41) is 19.2. The Morgan fingerprint density at radius 3 is 2.74 bits per heavy atom. The van der Waals surface area contributed by atoms with E-state index in [1.165, 1.54) is 0 Å². The first-order chi connectivity index (χ1) is 15.0. The Morgan fingerprint density at radius 1 is 1.16 bits per heavy atom. The zero-order valence-electron chi connectivity index (χ0n) is 17.4. The van der Waals surface area contributed by atoms with E-state index in [9.17, 15) is 4.79 Å². The summed E-state index contributed by atoms with van der Waals surface area (Å²) < 4.78 is 3.60. The summed E-state index contributed by atoms with van der Waals surface area (Å²) in [5.74, 6) is 0.302. The van der Waals surface area contributed by atoms with E-state index < -0.39 is 6.04 Å². The Morgan fingerprint density at radius 2 is 2.00 bits per heavy atom. The van der Waals surface area contributed by atoms with E-state index in [-0.39, 0.29) is 5.91 Å². The number of amides is 1. The average molecular weight is 432 g/mol. The van der Waals surface area contributed by atoms with Crippen molar-refractivity contribution in [3.63, 3.8) is 0 Å². The van der Waals surface area contributed by atoms with Gasteiger partial charge in [-0.2, -0.15) is 10.1 Å². The summed E-state index contributed by atoms with van der Waals surface area (Å²) in [4.78, 5) is 18.9. The molecule has 156 valence electrons. The van der Waals surface area contributed by atoms with Crippen LogP contribution >= 0.6 is 11.3 Å². The highest BCUT2D eigenvalue weighted by molar-refractivity contribution is 7.09. The van der Waals surface area contributed by atoms with Crippen LogP contribution < -0.4 is 5.32 Å². The van der Waals surface area contributed by atoms with Crippen LogP contribution in [0.15, 0.2) is 47.8 Å². The molecule has 0 aliphatic rings. The molecular formula is C22H21N7OS. The predicted octanol–water partition coefficient (Wildman–Crippen LogP) is 3.72. The second-order valence-electron chi connectivity index (χ2n) is 7.48. The first-order valence-electron chi connectivity index (χ1n) is 10.00. The van der Waals surface area contributed by atoms with Crippen molar-refractivity contribution in [1.29, 1.82) is 0 Å². The molecule has 1 atom stereocenters. The quantitative estimate of drug-likeness (QED) is 0.458. The van der Waals surface area contributed by atoms with Crippen molar-refractivity contribution < 1.29 is 4.79 Å². The molecule has 0 spiro atoms. The van der Waals surface area contributed by atoms with Crippen molar-refractivity contribution in [3.8, 4) is 5.95 Å². The molecule has 9 heteroatoms. The van der Waals surface area contributed by atoms with Gasteiger partial charge in [-0.3, -0.25) is 4.79 Å². The molecule has 5 aromatic rings. The molecule has 0 bridgehead atoms. The number of carbonyl (C=O) groups excluding carboxylic acids is 1. The van der Waals surface area contributed by atoms with Crippen molar-refractivity contribution in [2.75, 3.05) is 0 Å². The molecule has 4 heterocycles. The SMILES string of the molecule is Cc1cc(C)n(-c2nnc3c4ccccc4n([C@@H](C)C(=O)NCc4cccs4)c3n2)n1. The fourth-order valence-corrected chi connectivity index (χ4v) is 4.46. The van der Waals surface area contributed by atoms with Gasteiger partial charge in [0.15, 0.2) is 5.65 Å². The van der Waals surface area contributed by atoms with Crippen molar-refractivity contribution in [2.24, 2.45) is 0 Å². The molecule has 0 unspecified atom stereocenters. The normalized spacial score (nSPS) is 12.5. The predicted molar refractivity (Wildman–Crippen MR) is 120 cm³/mol. The number of nitrogens with zero attached hydrogens (tertiary/aromatic N) is 6. The lowest BCUT2D eigenvalue weighted by atomic mass is 10.2. The van der Waals surface area contributed by atoms with Gasteiger partial charge in [0.25, 0.3) is 5.95 Å². The van der Waals surface area contributed by atoms with Gasteiger partial charge in [-0.05, 0) is 44.4 Å². The number of thiophene rings is 1. The lowest BCUT2D eigenvalue weighted by Gasteiger charge is -2.16. The number of para-hydroxylation sites is 1. The van der Waals surface area contributed by atoms with Crippen LogP contribution in [0.5, 0.6) is 0 Å². The third-order valence-electron chi connectivity index (χ3n) is 5.29. The molecule has 1 aromatic carbocycles. The van der Waals surface area contributed by atoms with Crippen LogP contribution in [-0.2, 0) is 11.3 Å². The minimum atomic E-state index is -0.479. The number of nitrogens with one attached hydrogen (secondary N) is 1. The number of fused-ring (bicyclic) bond motifs is 3. The van der Waals surface area contributed by atoms with Crippen LogP contribution in [0, 0.1) is 13.8 Å². The fraction of sp³-hybridized carbons (Fsp3) is 0.227. The molecule has 0 radical (unpaired) electrons. The van der Waals surface area contributed by atoms with Gasteiger partial charge in [-0.1, -0.05) is 24.3 Å². The first-order valence-corrected chi connectivity index (χ1v) is 10.9. The molecule has 5 rings (SSSR count).